The van der Waals surface area contributed by atoms with Gasteiger partial charge in [-0.2, -0.15) is 0 Å². The molecule has 0 aliphatic rings. The van der Waals surface area contributed by atoms with Gasteiger partial charge in [0.25, 0.3) is 6.43 Å². The van der Waals surface area contributed by atoms with E-state index in [4.69, 9.17) is 14.6 Å². The predicted molar refractivity (Wildman–Crippen MR) is 117 cm³/mol. The number of rotatable bonds is 12. The molecule has 0 radical (unpaired) electrons. The molecular weight excluding hydrogens is 420 g/mol. The summed E-state index contributed by atoms with van der Waals surface area (Å²) >= 11 is 0. The van der Waals surface area contributed by atoms with Gasteiger partial charge in [0.15, 0.2) is 0 Å². The van der Waals surface area contributed by atoms with Crippen LogP contribution in [0.3, 0.4) is 0 Å². The van der Waals surface area contributed by atoms with Crippen LogP contribution in [0.1, 0.15) is 25.0 Å². The van der Waals surface area contributed by atoms with Gasteiger partial charge in [0.2, 0.25) is 5.91 Å². The van der Waals surface area contributed by atoms with Gasteiger partial charge in [-0.05, 0) is 41.5 Å². The van der Waals surface area contributed by atoms with Crippen LogP contribution in [0.4, 0.5) is 8.78 Å². The first-order chi connectivity index (χ1) is 15.2. The Bertz CT molecular complexity index is 869. The number of hydrogen-bond donors (Lipinski definition) is 3. The minimum Gasteiger partial charge on any atom is -0.491 e. The van der Waals surface area contributed by atoms with E-state index in [1.807, 2.05) is 50.2 Å². The van der Waals surface area contributed by atoms with E-state index in [2.05, 4.69) is 11.9 Å². The van der Waals surface area contributed by atoms with Crippen LogP contribution in [0.5, 0.6) is 11.5 Å². The second-order valence-corrected chi connectivity index (χ2v) is 7.79. The van der Waals surface area contributed by atoms with Crippen molar-refractivity contribution >= 4 is 5.91 Å². The maximum absolute atomic E-state index is 12.4. The fourth-order valence-electron chi connectivity index (χ4n) is 2.95. The predicted octanol–water partition coefficient (Wildman–Crippen LogP) is 3.06. The number of aliphatic hydroxyl groups is 2. The van der Waals surface area contributed by atoms with E-state index in [1.54, 1.807) is 12.1 Å². The van der Waals surface area contributed by atoms with Crippen molar-refractivity contribution in [2.75, 3.05) is 19.8 Å². The van der Waals surface area contributed by atoms with Crippen molar-refractivity contribution in [1.82, 2.24) is 5.32 Å². The maximum atomic E-state index is 12.4. The second-order valence-electron chi connectivity index (χ2n) is 7.79. The Hall–Kier alpha value is -2.97. The SMILES string of the molecule is C=CC(=O)NC(CO)COc1ccc(C(C)(C)c2ccc(OCC(O)C(F)F)cc2)cc1. The Labute approximate surface area is 186 Å². The van der Waals surface area contributed by atoms with E-state index in [0.717, 1.165) is 17.2 Å². The molecule has 2 atom stereocenters. The van der Waals surface area contributed by atoms with Crippen LogP contribution < -0.4 is 14.8 Å². The molecule has 0 aliphatic heterocycles. The Morgan fingerprint density at radius 1 is 1.03 bits per heavy atom. The van der Waals surface area contributed by atoms with E-state index in [1.165, 1.54) is 0 Å². The van der Waals surface area contributed by atoms with Crippen LogP contribution in [0.25, 0.3) is 0 Å². The van der Waals surface area contributed by atoms with Crippen molar-refractivity contribution in [3.63, 3.8) is 0 Å². The number of carbonyl (C=O) groups is 1. The molecule has 2 aromatic rings. The first-order valence-electron chi connectivity index (χ1n) is 10.1. The molecule has 0 fully saturated rings. The molecule has 0 aromatic heterocycles. The van der Waals surface area contributed by atoms with Crippen molar-refractivity contribution in [2.24, 2.45) is 0 Å². The maximum Gasteiger partial charge on any atom is 0.267 e. The van der Waals surface area contributed by atoms with Gasteiger partial charge in [0, 0.05) is 5.41 Å². The first kappa shape index (κ1) is 25.3. The Morgan fingerprint density at radius 2 is 1.50 bits per heavy atom. The largest absolute Gasteiger partial charge is 0.491 e. The molecule has 0 spiro atoms. The summed E-state index contributed by atoms with van der Waals surface area (Å²) in [6, 6.07) is 14.0. The smallest absolute Gasteiger partial charge is 0.267 e. The van der Waals surface area contributed by atoms with Crippen LogP contribution in [-0.4, -0.2) is 54.5 Å². The molecule has 1 amide bonds. The molecule has 0 aliphatic carbocycles. The van der Waals surface area contributed by atoms with Gasteiger partial charge in [-0.15, -0.1) is 0 Å². The third-order valence-electron chi connectivity index (χ3n) is 5.07. The monoisotopic (exact) mass is 449 g/mol. The number of hydrogen-bond acceptors (Lipinski definition) is 5. The zero-order chi connectivity index (χ0) is 23.7. The first-order valence-corrected chi connectivity index (χ1v) is 10.1. The van der Waals surface area contributed by atoms with E-state index in [-0.39, 0.29) is 24.5 Å². The molecule has 3 N–H and O–H groups in total. The van der Waals surface area contributed by atoms with E-state index in [0.29, 0.717) is 11.5 Å². The topological polar surface area (TPSA) is 88.0 Å². The van der Waals surface area contributed by atoms with E-state index >= 15 is 0 Å². The summed E-state index contributed by atoms with van der Waals surface area (Å²) in [4.78, 5) is 11.4. The second kappa shape index (κ2) is 11.6. The Kier molecular flexibility index (Phi) is 9.16. The van der Waals surface area contributed by atoms with Gasteiger partial charge in [0.1, 0.15) is 30.8 Å². The van der Waals surface area contributed by atoms with Gasteiger partial charge >= 0.3 is 0 Å². The van der Waals surface area contributed by atoms with Crippen LogP contribution >= 0.6 is 0 Å². The molecule has 0 heterocycles. The normalized spacial score (nSPS) is 13.3. The highest BCUT2D eigenvalue weighted by Crippen LogP contribution is 2.33. The Balaban J connectivity index is 2.00. The van der Waals surface area contributed by atoms with Crippen molar-refractivity contribution in [3.05, 3.63) is 72.3 Å². The zero-order valence-electron chi connectivity index (χ0n) is 18.1. The summed E-state index contributed by atoms with van der Waals surface area (Å²) in [6.07, 6.45) is -3.54. The van der Waals surface area contributed by atoms with Crippen LogP contribution in [0.15, 0.2) is 61.2 Å². The van der Waals surface area contributed by atoms with Crippen molar-refractivity contribution in [3.8, 4) is 11.5 Å². The number of nitrogens with one attached hydrogen (secondary N) is 1. The molecule has 174 valence electrons. The van der Waals surface area contributed by atoms with E-state index < -0.39 is 25.2 Å². The lowest BCUT2D eigenvalue weighted by molar-refractivity contribution is -0.117. The lowest BCUT2D eigenvalue weighted by Crippen LogP contribution is -2.40. The molecule has 6 nitrogen and oxygen atoms in total. The molecule has 2 rings (SSSR count). The summed E-state index contributed by atoms with van der Waals surface area (Å²) in [6.45, 7) is 6.84. The van der Waals surface area contributed by atoms with Crippen molar-refractivity contribution in [1.29, 1.82) is 0 Å². The molecule has 0 bridgehead atoms. The number of carbonyl (C=O) groups excluding carboxylic acids is 1. The lowest BCUT2D eigenvalue weighted by Gasteiger charge is -2.26. The van der Waals surface area contributed by atoms with Gasteiger partial charge in [-0.25, -0.2) is 8.78 Å². The number of benzene rings is 2. The molecule has 32 heavy (non-hydrogen) atoms. The average Bonchev–Trinajstić information content (AvgIpc) is 2.80. The summed E-state index contributed by atoms with van der Waals surface area (Å²) in [7, 11) is 0. The molecule has 8 heteroatoms. The standard InChI is InChI=1S/C24H29F2NO5/c1-4-22(30)27-18(13-28)14-31-19-9-5-16(6-10-19)24(2,3)17-7-11-20(12-8-17)32-15-21(29)23(25)26/h4-12,18,21,23,28-29H,1,13-15H2,2-3H3,(H,27,30). The van der Waals surface area contributed by atoms with Gasteiger partial charge in [0.05, 0.1) is 12.6 Å². The number of halogens is 2. The van der Waals surface area contributed by atoms with Crippen molar-refractivity contribution < 1.29 is 33.3 Å². The zero-order valence-corrected chi connectivity index (χ0v) is 18.1. The average molecular weight is 449 g/mol. The molecular formula is C24H29F2NO5. The lowest BCUT2D eigenvalue weighted by atomic mass is 9.78. The summed E-state index contributed by atoms with van der Waals surface area (Å²) in [5, 5.41) is 21.1. The minimum absolute atomic E-state index is 0.112. The fraction of sp³-hybridized carbons (Fsp3) is 0.375. The highest BCUT2D eigenvalue weighted by atomic mass is 19.3. The molecule has 2 aromatic carbocycles. The highest BCUT2D eigenvalue weighted by molar-refractivity contribution is 5.87. The Morgan fingerprint density at radius 3 is 1.91 bits per heavy atom. The summed E-state index contributed by atoms with van der Waals surface area (Å²) < 4.78 is 35.6. The fourth-order valence-corrected chi connectivity index (χ4v) is 2.95. The quantitative estimate of drug-likeness (QED) is 0.434. The number of amides is 1. The van der Waals surface area contributed by atoms with Crippen LogP contribution in [0, 0.1) is 0 Å². The van der Waals surface area contributed by atoms with Crippen LogP contribution in [0.2, 0.25) is 0 Å². The van der Waals surface area contributed by atoms with Crippen LogP contribution in [-0.2, 0) is 10.2 Å². The summed E-state index contributed by atoms with van der Waals surface area (Å²) in [5.41, 5.74) is 1.65. The van der Waals surface area contributed by atoms with Gasteiger partial charge in [-0.1, -0.05) is 44.7 Å². The summed E-state index contributed by atoms with van der Waals surface area (Å²) in [5.74, 6) is 0.610. The molecule has 2 unspecified atom stereocenters. The van der Waals surface area contributed by atoms with Gasteiger partial charge in [-0.3, -0.25) is 4.79 Å². The molecule has 0 saturated heterocycles. The van der Waals surface area contributed by atoms with Gasteiger partial charge < -0.3 is 25.0 Å². The highest BCUT2D eigenvalue weighted by Gasteiger charge is 2.23. The molecule has 0 saturated carbocycles. The third-order valence-corrected chi connectivity index (χ3v) is 5.07. The number of ether oxygens (including phenoxy) is 2. The van der Waals surface area contributed by atoms with E-state index in [9.17, 15) is 18.7 Å². The minimum atomic E-state index is -2.85. The number of aliphatic hydroxyl groups excluding tert-OH is 2. The number of alkyl halides is 2. The van der Waals surface area contributed by atoms with Crippen molar-refractivity contribution in [2.45, 2.75) is 37.8 Å². The third kappa shape index (κ3) is 7.03.